The van der Waals surface area contributed by atoms with Crippen LogP contribution >= 0.6 is 0 Å². The van der Waals surface area contributed by atoms with Crippen LogP contribution in [-0.4, -0.2) is 21.1 Å². The van der Waals surface area contributed by atoms with Crippen LogP contribution in [0.3, 0.4) is 0 Å². The average molecular weight is 397 g/mol. The second-order valence-electron chi connectivity index (χ2n) is 7.29. The molecule has 1 heterocycles. The number of hydrogen-bond donors (Lipinski definition) is 3. The number of oxime groups is 1. The molecule has 0 aliphatic rings. The van der Waals surface area contributed by atoms with Crippen LogP contribution in [0, 0.1) is 0 Å². The van der Waals surface area contributed by atoms with Crippen molar-refractivity contribution in [3.63, 3.8) is 0 Å². The Morgan fingerprint density at radius 2 is 1.73 bits per heavy atom. The number of aromatic hydroxyl groups is 1. The highest BCUT2D eigenvalue weighted by molar-refractivity contribution is 6.07. The summed E-state index contributed by atoms with van der Waals surface area (Å²) in [6.07, 6.45) is 5.45. The highest BCUT2D eigenvalue weighted by atomic mass is 16.4. The van der Waals surface area contributed by atoms with Gasteiger partial charge in [0.25, 0.3) is 0 Å². The van der Waals surface area contributed by atoms with E-state index in [9.17, 15) is 10.3 Å². The molecule has 5 heteroatoms. The molecule has 3 aromatic carbocycles. The lowest BCUT2D eigenvalue weighted by Crippen LogP contribution is -2.15. The number of benzene rings is 3. The third-order valence-electron chi connectivity index (χ3n) is 5.23. The topological polar surface area (TPSA) is 91.7 Å². The van der Waals surface area contributed by atoms with Crippen LogP contribution in [0.25, 0.3) is 33.0 Å². The molecule has 150 valence electrons. The van der Waals surface area contributed by atoms with Gasteiger partial charge in [0.05, 0.1) is 0 Å². The van der Waals surface area contributed by atoms with Gasteiger partial charge in [-0.25, -0.2) is 0 Å². The molecule has 4 N–H and O–H groups in total. The van der Waals surface area contributed by atoms with Gasteiger partial charge in [-0.1, -0.05) is 48.8 Å². The maximum atomic E-state index is 9.75. The molecule has 4 rings (SSSR count). The van der Waals surface area contributed by atoms with Gasteiger partial charge in [-0.15, -0.1) is 0 Å². The molecular weight excluding hydrogens is 374 g/mol. The van der Waals surface area contributed by atoms with Crippen LogP contribution in [0.1, 0.15) is 24.5 Å². The number of phenolic OH excluding ortho intramolecular Hbond substituents is 1. The monoisotopic (exact) mass is 397 g/mol. The van der Waals surface area contributed by atoms with Crippen LogP contribution in [-0.2, 0) is 6.42 Å². The predicted molar refractivity (Wildman–Crippen MR) is 121 cm³/mol. The summed E-state index contributed by atoms with van der Waals surface area (Å²) >= 11 is 0. The van der Waals surface area contributed by atoms with E-state index in [0.717, 1.165) is 51.4 Å². The molecule has 0 aliphatic heterocycles. The Balaban J connectivity index is 2.05. The van der Waals surface area contributed by atoms with Crippen LogP contribution < -0.4 is 5.73 Å². The zero-order valence-corrected chi connectivity index (χ0v) is 16.7. The Labute approximate surface area is 175 Å². The van der Waals surface area contributed by atoms with Crippen molar-refractivity contribution < 1.29 is 10.3 Å². The number of pyridine rings is 1. The summed E-state index contributed by atoms with van der Waals surface area (Å²) in [5.74, 6) is 0.276. The third kappa shape index (κ3) is 3.70. The van der Waals surface area contributed by atoms with Gasteiger partial charge in [0, 0.05) is 28.9 Å². The normalized spacial score (nSPS) is 11.7. The standard InChI is InChI=1S/C25H23N3O2/c1-2-3-16-12-22(17-6-8-21(29)9-7-17)24(23(13-16)25(26)28-30)19-4-5-20-15-27-11-10-18(20)14-19/h4-15,29-30H,2-3H2,1H3,(H2,26,28). The number of aryl methyl sites for hydroxylation is 1. The summed E-state index contributed by atoms with van der Waals surface area (Å²) in [5.41, 5.74) is 11.7. The summed E-state index contributed by atoms with van der Waals surface area (Å²) in [5, 5.41) is 24.6. The Morgan fingerprint density at radius 3 is 2.47 bits per heavy atom. The van der Waals surface area contributed by atoms with Crippen LogP contribution in [0.2, 0.25) is 0 Å². The Hall–Kier alpha value is -3.86. The summed E-state index contributed by atoms with van der Waals surface area (Å²) in [6, 6.07) is 19.3. The average Bonchev–Trinajstić information content (AvgIpc) is 2.78. The highest BCUT2D eigenvalue weighted by Gasteiger charge is 2.18. The van der Waals surface area contributed by atoms with Gasteiger partial charge in [-0.2, -0.15) is 0 Å². The molecule has 0 spiro atoms. The maximum absolute atomic E-state index is 9.75. The van der Waals surface area contributed by atoms with E-state index in [1.165, 1.54) is 0 Å². The second kappa shape index (κ2) is 8.25. The number of fused-ring (bicyclic) bond motifs is 1. The molecule has 0 unspecified atom stereocenters. The Kier molecular flexibility index (Phi) is 5.35. The molecule has 30 heavy (non-hydrogen) atoms. The van der Waals surface area contributed by atoms with Crippen molar-refractivity contribution in [3.05, 3.63) is 84.2 Å². The first-order valence-corrected chi connectivity index (χ1v) is 9.89. The fraction of sp³-hybridized carbons (Fsp3) is 0.120. The van der Waals surface area contributed by atoms with Gasteiger partial charge in [0.2, 0.25) is 0 Å². The van der Waals surface area contributed by atoms with Crippen LogP contribution in [0.4, 0.5) is 0 Å². The first kappa shape index (κ1) is 19.5. The van der Waals surface area contributed by atoms with E-state index in [1.54, 1.807) is 18.3 Å². The number of hydrogen-bond acceptors (Lipinski definition) is 4. The van der Waals surface area contributed by atoms with Gasteiger partial charge in [-0.3, -0.25) is 4.98 Å². The number of phenols is 1. The largest absolute Gasteiger partial charge is 0.508 e. The molecule has 0 saturated heterocycles. The van der Waals surface area contributed by atoms with E-state index in [-0.39, 0.29) is 11.6 Å². The van der Waals surface area contributed by atoms with Gasteiger partial charge in [0.15, 0.2) is 5.84 Å². The molecule has 0 amide bonds. The van der Waals surface area contributed by atoms with E-state index in [1.807, 2.05) is 42.6 Å². The number of rotatable bonds is 5. The van der Waals surface area contributed by atoms with Crippen LogP contribution in [0.15, 0.2) is 78.2 Å². The molecule has 1 aromatic heterocycles. The summed E-state index contributed by atoms with van der Waals surface area (Å²) in [7, 11) is 0. The van der Waals surface area contributed by atoms with E-state index in [2.05, 4.69) is 29.2 Å². The minimum absolute atomic E-state index is 0.0674. The molecule has 0 aliphatic carbocycles. The zero-order chi connectivity index (χ0) is 21.1. The molecule has 0 radical (unpaired) electrons. The molecule has 0 saturated carbocycles. The zero-order valence-electron chi connectivity index (χ0n) is 16.7. The van der Waals surface area contributed by atoms with E-state index < -0.39 is 0 Å². The van der Waals surface area contributed by atoms with Crippen molar-refractivity contribution in [1.29, 1.82) is 0 Å². The maximum Gasteiger partial charge on any atom is 0.170 e. The summed E-state index contributed by atoms with van der Waals surface area (Å²) < 4.78 is 0. The number of amidine groups is 1. The Morgan fingerprint density at radius 1 is 0.967 bits per heavy atom. The highest BCUT2D eigenvalue weighted by Crippen LogP contribution is 2.38. The summed E-state index contributed by atoms with van der Waals surface area (Å²) in [6.45, 7) is 2.12. The lowest BCUT2D eigenvalue weighted by Gasteiger charge is -2.18. The van der Waals surface area contributed by atoms with Crippen molar-refractivity contribution in [2.24, 2.45) is 10.9 Å². The van der Waals surface area contributed by atoms with E-state index in [0.29, 0.717) is 5.56 Å². The first-order chi connectivity index (χ1) is 14.6. The fourth-order valence-electron chi connectivity index (χ4n) is 3.81. The predicted octanol–water partition coefficient (Wildman–Crippen LogP) is 5.32. The molecule has 4 aromatic rings. The minimum Gasteiger partial charge on any atom is -0.508 e. The summed E-state index contributed by atoms with van der Waals surface area (Å²) in [4.78, 5) is 4.18. The number of aromatic nitrogens is 1. The van der Waals surface area contributed by atoms with Crippen molar-refractivity contribution in [1.82, 2.24) is 4.98 Å². The van der Waals surface area contributed by atoms with Gasteiger partial charge in [0.1, 0.15) is 5.75 Å². The second-order valence-corrected chi connectivity index (χ2v) is 7.29. The van der Waals surface area contributed by atoms with Crippen LogP contribution in [0.5, 0.6) is 5.75 Å². The molecular formula is C25H23N3O2. The number of nitrogens with zero attached hydrogens (tertiary/aromatic N) is 2. The van der Waals surface area contributed by atoms with Gasteiger partial charge >= 0.3 is 0 Å². The number of nitrogens with two attached hydrogens (primary N) is 1. The van der Waals surface area contributed by atoms with Crippen molar-refractivity contribution in [3.8, 4) is 28.0 Å². The SMILES string of the molecule is CCCc1cc(/C(N)=N/O)c(-c2ccc3cnccc3c2)c(-c2ccc(O)cc2)c1. The molecule has 0 fully saturated rings. The van der Waals surface area contributed by atoms with E-state index >= 15 is 0 Å². The van der Waals surface area contributed by atoms with Gasteiger partial charge in [-0.05, 0) is 64.4 Å². The van der Waals surface area contributed by atoms with Gasteiger partial charge < -0.3 is 16.0 Å². The third-order valence-corrected chi connectivity index (χ3v) is 5.23. The molecule has 0 atom stereocenters. The van der Waals surface area contributed by atoms with Crippen molar-refractivity contribution in [2.75, 3.05) is 0 Å². The van der Waals surface area contributed by atoms with E-state index in [4.69, 9.17) is 5.73 Å². The fourth-order valence-corrected chi connectivity index (χ4v) is 3.81. The van der Waals surface area contributed by atoms with Crippen molar-refractivity contribution in [2.45, 2.75) is 19.8 Å². The molecule has 5 nitrogen and oxygen atoms in total. The quantitative estimate of drug-likeness (QED) is 0.184. The molecule has 0 bridgehead atoms. The lowest BCUT2D eigenvalue weighted by molar-refractivity contribution is 0.318. The lowest BCUT2D eigenvalue weighted by atomic mass is 9.87. The first-order valence-electron chi connectivity index (χ1n) is 9.89. The Bertz CT molecular complexity index is 1230. The minimum atomic E-state index is 0.0674. The van der Waals surface area contributed by atoms with Crippen molar-refractivity contribution >= 4 is 16.6 Å². The smallest absolute Gasteiger partial charge is 0.170 e.